The van der Waals surface area contributed by atoms with Crippen molar-refractivity contribution in [3.8, 4) is 0 Å². The van der Waals surface area contributed by atoms with Crippen molar-refractivity contribution in [2.75, 3.05) is 0 Å². The van der Waals surface area contributed by atoms with E-state index in [4.69, 9.17) is 11.6 Å². The molecule has 0 aromatic heterocycles. The van der Waals surface area contributed by atoms with Crippen molar-refractivity contribution < 1.29 is 19.5 Å². The Morgan fingerprint density at radius 3 is 1.68 bits per heavy atom. The maximum atomic E-state index is 7.83. The molecule has 158 valence electrons. The third kappa shape index (κ3) is 4.68. The Hall–Kier alpha value is 0.433. The molecule has 0 unspecified atom stereocenters. The molecule has 3 aliphatic rings. The van der Waals surface area contributed by atoms with Crippen LogP contribution in [0.3, 0.4) is 0 Å². The van der Waals surface area contributed by atoms with Crippen LogP contribution in [0.5, 0.6) is 0 Å². The van der Waals surface area contributed by atoms with Crippen LogP contribution in [-0.2, 0) is 19.5 Å². The molecule has 0 heterocycles. The van der Waals surface area contributed by atoms with Crippen LogP contribution in [0.25, 0.3) is 0 Å². The van der Waals surface area contributed by atoms with Gasteiger partial charge in [-0.05, 0) is 55.4 Å². The van der Waals surface area contributed by atoms with Crippen molar-refractivity contribution in [2.24, 2.45) is 0 Å². The van der Waals surface area contributed by atoms with Crippen LogP contribution in [0.2, 0.25) is 0 Å². The van der Waals surface area contributed by atoms with Gasteiger partial charge in [0.1, 0.15) is 0 Å². The standard InChI is InChI=1S/C25H38ClP.Ru/c26-25(19-11-4-12-20-25)27(23-15-7-2-8-16-23,24-17-9-3-10-18-24)21-22-13-5-1-6-14-22;/h1,5-6,13-14,21,23-24H,2-4,7-12,15-20H2;. The summed E-state index contributed by atoms with van der Waals surface area (Å²) in [6, 6.07) is 11.3. The zero-order chi connectivity index (χ0) is 18.6. The maximum Gasteiger partial charge on any atom is 0.0644 e. The van der Waals surface area contributed by atoms with Crippen LogP contribution in [0, 0.1) is 0 Å². The van der Waals surface area contributed by atoms with Crippen molar-refractivity contribution in [3.63, 3.8) is 0 Å². The summed E-state index contributed by atoms with van der Waals surface area (Å²) in [7, 11) is 0. The number of benzene rings is 1. The van der Waals surface area contributed by atoms with Gasteiger partial charge in [-0.15, -0.1) is 11.6 Å². The first-order valence-electron chi connectivity index (χ1n) is 11.7. The van der Waals surface area contributed by atoms with Gasteiger partial charge in [-0.25, -0.2) is 0 Å². The number of rotatable bonds is 4. The van der Waals surface area contributed by atoms with E-state index in [1.165, 1.54) is 102 Å². The number of hydrogen-bond acceptors (Lipinski definition) is 0. The first-order valence-corrected chi connectivity index (χ1v) is 14.1. The smallest absolute Gasteiger partial charge is 0.0644 e. The van der Waals surface area contributed by atoms with Crippen molar-refractivity contribution in [1.29, 1.82) is 0 Å². The maximum absolute atomic E-state index is 7.83. The fourth-order valence-electron chi connectivity index (χ4n) is 6.56. The van der Waals surface area contributed by atoms with Crippen LogP contribution < -0.4 is 0 Å². The van der Waals surface area contributed by atoms with Gasteiger partial charge in [0, 0.05) is 19.5 Å². The van der Waals surface area contributed by atoms with Gasteiger partial charge in [0.2, 0.25) is 0 Å². The molecule has 3 fully saturated rings. The van der Waals surface area contributed by atoms with E-state index in [9.17, 15) is 0 Å². The molecule has 0 radical (unpaired) electrons. The van der Waals surface area contributed by atoms with Crippen LogP contribution in [0.15, 0.2) is 30.3 Å². The largest absolute Gasteiger partial charge is 0.114 e. The van der Waals surface area contributed by atoms with Crippen molar-refractivity contribution in [3.05, 3.63) is 35.9 Å². The molecule has 0 saturated heterocycles. The summed E-state index contributed by atoms with van der Waals surface area (Å²) in [6.45, 7) is -1.42. The summed E-state index contributed by atoms with van der Waals surface area (Å²) in [4.78, 5) is 0. The third-order valence-corrected chi connectivity index (χ3v) is 15.1. The van der Waals surface area contributed by atoms with Gasteiger partial charge in [0.25, 0.3) is 0 Å². The zero-order valence-electron chi connectivity index (χ0n) is 17.4. The third-order valence-electron chi connectivity index (χ3n) is 7.83. The molecule has 0 aliphatic heterocycles. The normalized spacial score (nSPS) is 24.3. The van der Waals surface area contributed by atoms with Gasteiger partial charge >= 0.3 is 0 Å². The topological polar surface area (TPSA) is 0 Å². The Bertz CT molecular complexity index is 616. The molecule has 0 nitrogen and oxygen atoms in total. The van der Waals surface area contributed by atoms with E-state index in [2.05, 4.69) is 36.1 Å². The first-order chi connectivity index (χ1) is 13.2. The van der Waals surface area contributed by atoms with Gasteiger partial charge in [0.05, 0.1) is 4.62 Å². The Morgan fingerprint density at radius 2 is 1.18 bits per heavy atom. The molecule has 1 aromatic rings. The van der Waals surface area contributed by atoms with Crippen LogP contribution in [-0.4, -0.2) is 21.7 Å². The molecule has 0 amide bonds. The second-order valence-electron chi connectivity index (χ2n) is 9.44. The fourth-order valence-corrected chi connectivity index (χ4v) is 14.6. The Labute approximate surface area is 191 Å². The average molecular weight is 506 g/mol. The first kappa shape index (κ1) is 23.1. The van der Waals surface area contributed by atoms with E-state index < -0.39 is 6.89 Å². The average Bonchev–Trinajstić information content (AvgIpc) is 2.74. The Balaban J connectivity index is 0.00000225. The van der Waals surface area contributed by atoms with Crippen molar-refractivity contribution in [2.45, 2.75) is 112 Å². The predicted molar refractivity (Wildman–Crippen MR) is 124 cm³/mol. The Morgan fingerprint density at radius 1 is 0.714 bits per heavy atom. The molecule has 3 saturated carbocycles. The molecular weight excluding hydrogens is 468 g/mol. The predicted octanol–water partition coefficient (Wildman–Crippen LogP) is 8.42. The molecular formula is C25H38ClPRu. The van der Waals surface area contributed by atoms with Gasteiger partial charge in [0.15, 0.2) is 0 Å². The minimum Gasteiger partial charge on any atom is -0.114 e. The molecule has 1 aromatic carbocycles. The monoisotopic (exact) mass is 506 g/mol. The summed E-state index contributed by atoms with van der Waals surface area (Å²) in [6.07, 6.45) is 21.1. The minimum absolute atomic E-state index is 0. The summed E-state index contributed by atoms with van der Waals surface area (Å²) >= 11 is 7.83. The molecule has 0 N–H and O–H groups in total. The molecule has 3 heteroatoms. The summed E-state index contributed by atoms with van der Waals surface area (Å²) in [5.41, 5.74) is 3.25. The number of hydrogen-bond donors (Lipinski definition) is 0. The van der Waals surface area contributed by atoms with E-state index >= 15 is 0 Å². The minimum atomic E-state index is -1.42. The molecule has 28 heavy (non-hydrogen) atoms. The molecule has 0 bridgehead atoms. The Kier molecular flexibility index (Phi) is 8.78. The second-order valence-corrected chi connectivity index (χ2v) is 14.7. The fraction of sp³-hybridized carbons (Fsp3) is 0.720. The number of alkyl halides is 1. The number of halogens is 1. The van der Waals surface area contributed by atoms with Gasteiger partial charge in [-0.2, -0.15) is 0 Å². The molecule has 4 rings (SSSR count). The quantitative estimate of drug-likeness (QED) is 0.219. The van der Waals surface area contributed by atoms with E-state index in [1.807, 2.05) is 0 Å². The van der Waals surface area contributed by atoms with Gasteiger partial charge in [-0.1, -0.05) is 101 Å². The van der Waals surface area contributed by atoms with Gasteiger partial charge < -0.3 is 0 Å². The van der Waals surface area contributed by atoms with E-state index in [1.54, 1.807) is 0 Å². The molecule has 0 atom stereocenters. The summed E-state index contributed by atoms with van der Waals surface area (Å²) in [5.74, 6) is 2.83. The van der Waals surface area contributed by atoms with Crippen LogP contribution >= 0.6 is 18.5 Å². The van der Waals surface area contributed by atoms with Crippen LogP contribution in [0.4, 0.5) is 0 Å². The van der Waals surface area contributed by atoms with Crippen LogP contribution in [0.1, 0.15) is 102 Å². The van der Waals surface area contributed by atoms with Crippen molar-refractivity contribution in [1.82, 2.24) is 0 Å². The SMILES string of the molecule is ClC1(P(=Cc2ccccc2)(C2CCCCC2)C2CCCCC2)CCCCC1.[Ru]. The van der Waals surface area contributed by atoms with E-state index in [0.29, 0.717) is 0 Å². The van der Waals surface area contributed by atoms with E-state index in [0.717, 1.165) is 11.3 Å². The summed E-state index contributed by atoms with van der Waals surface area (Å²) < 4.78 is 0.0884. The zero-order valence-corrected chi connectivity index (χ0v) is 20.8. The van der Waals surface area contributed by atoms with Crippen molar-refractivity contribution >= 4 is 24.3 Å². The molecule has 3 aliphatic carbocycles. The summed E-state index contributed by atoms with van der Waals surface area (Å²) in [5, 5.41) is 0. The molecule has 0 spiro atoms. The van der Waals surface area contributed by atoms with Gasteiger partial charge in [-0.3, -0.25) is 0 Å². The second kappa shape index (κ2) is 10.6. The van der Waals surface area contributed by atoms with E-state index in [-0.39, 0.29) is 24.1 Å².